The van der Waals surface area contributed by atoms with Crippen molar-refractivity contribution in [3.8, 4) is 0 Å². The first-order chi connectivity index (χ1) is 8.13. The third kappa shape index (κ3) is 1.80. The highest BCUT2D eigenvalue weighted by Gasteiger charge is 2.48. The van der Waals surface area contributed by atoms with Gasteiger partial charge in [0.05, 0.1) is 18.9 Å². The molecular weight excluding hydrogens is 225 g/mol. The summed E-state index contributed by atoms with van der Waals surface area (Å²) in [5, 5.41) is 0. The van der Waals surface area contributed by atoms with E-state index in [9.17, 15) is 9.18 Å². The number of nitrogens with zero attached hydrogens (tertiary/aromatic N) is 1. The van der Waals surface area contributed by atoms with E-state index in [1.807, 2.05) is 0 Å². The number of methoxy groups -OCH3 is 2. The minimum atomic E-state index is -2.10. The summed E-state index contributed by atoms with van der Waals surface area (Å²) in [5.41, 5.74) is -1.37. The Morgan fingerprint density at radius 2 is 2.35 bits per heavy atom. The van der Waals surface area contributed by atoms with E-state index in [2.05, 4.69) is 9.72 Å². The summed E-state index contributed by atoms with van der Waals surface area (Å²) in [5.74, 6) is -0.874. The lowest BCUT2D eigenvalue weighted by Gasteiger charge is -2.32. The van der Waals surface area contributed by atoms with Crippen molar-refractivity contribution in [2.45, 2.75) is 24.6 Å². The lowest BCUT2D eigenvalue weighted by molar-refractivity contribution is -0.157. The molecule has 92 valence electrons. The number of rotatable bonds is 2. The lowest BCUT2D eigenvalue weighted by atomic mass is 9.81. The number of halogens is 1. The maximum Gasteiger partial charge on any atom is 0.348 e. The van der Waals surface area contributed by atoms with E-state index < -0.39 is 11.6 Å². The second kappa shape index (κ2) is 4.41. The molecular formula is C12H14FNO3. The van der Waals surface area contributed by atoms with Crippen molar-refractivity contribution in [1.82, 2.24) is 4.98 Å². The van der Waals surface area contributed by atoms with Gasteiger partial charge in [0, 0.05) is 18.9 Å². The minimum Gasteiger partial charge on any atom is -0.466 e. The van der Waals surface area contributed by atoms with Crippen LogP contribution in [0.2, 0.25) is 0 Å². The summed E-state index contributed by atoms with van der Waals surface area (Å²) in [6.45, 7) is 0. The topological polar surface area (TPSA) is 48.4 Å². The van der Waals surface area contributed by atoms with Gasteiger partial charge < -0.3 is 9.47 Å². The molecule has 0 aromatic carbocycles. The lowest BCUT2D eigenvalue weighted by Crippen LogP contribution is -2.37. The number of pyridine rings is 1. The fourth-order valence-corrected chi connectivity index (χ4v) is 2.21. The number of hydrogen-bond donors (Lipinski definition) is 0. The molecule has 1 heterocycles. The zero-order valence-electron chi connectivity index (χ0n) is 9.77. The Kier molecular flexibility index (Phi) is 3.11. The second-order valence-corrected chi connectivity index (χ2v) is 3.99. The standard InChI is InChI=1S/C12H14FNO3/c1-16-9-5-6-12(13,11(15)17-2)8-4-3-7-14-10(8)9/h3-4,7,9H,5-6H2,1-2H3/t9-,12-/m0/s1. The van der Waals surface area contributed by atoms with Gasteiger partial charge in [-0.3, -0.25) is 4.98 Å². The van der Waals surface area contributed by atoms with Crippen molar-refractivity contribution in [2.75, 3.05) is 14.2 Å². The van der Waals surface area contributed by atoms with Crippen LogP contribution in [0.4, 0.5) is 4.39 Å². The summed E-state index contributed by atoms with van der Waals surface area (Å²) < 4.78 is 24.5. The van der Waals surface area contributed by atoms with E-state index >= 15 is 0 Å². The fourth-order valence-electron chi connectivity index (χ4n) is 2.21. The summed E-state index contributed by atoms with van der Waals surface area (Å²) in [6.07, 6.45) is 1.76. The third-order valence-corrected chi connectivity index (χ3v) is 3.11. The minimum absolute atomic E-state index is 0.0525. The molecule has 0 saturated heterocycles. The van der Waals surface area contributed by atoms with Crippen LogP contribution in [0.25, 0.3) is 0 Å². The van der Waals surface area contributed by atoms with Crippen LogP contribution in [0, 0.1) is 0 Å². The Hall–Kier alpha value is -1.49. The first-order valence-electron chi connectivity index (χ1n) is 5.39. The first-order valence-corrected chi connectivity index (χ1v) is 5.39. The Balaban J connectivity index is 2.51. The molecule has 1 aliphatic carbocycles. The largest absolute Gasteiger partial charge is 0.466 e. The van der Waals surface area contributed by atoms with E-state index in [0.29, 0.717) is 12.1 Å². The molecule has 0 aliphatic heterocycles. The zero-order valence-corrected chi connectivity index (χ0v) is 9.77. The van der Waals surface area contributed by atoms with Crippen LogP contribution < -0.4 is 0 Å². The highest BCUT2D eigenvalue weighted by molar-refractivity contribution is 5.81. The SMILES string of the molecule is COC(=O)[C@]1(F)CC[C@H](OC)c2ncccc21. The molecule has 0 radical (unpaired) electrons. The number of alkyl halides is 1. The Morgan fingerprint density at radius 3 is 3.00 bits per heavy atom. The molecule has 0 unspecified atom stereocenters. The fraction of sp³-hybridized carbons (Fsp3) is 0.500. The number of esters is 1. The molecule has 1 aliphatic rings. The summed E-state index contributed by atoms with van der Waals surface area (Å²) in [7, 11) is 2.73. The van der Waals surface area contributed by atoms with Gasteiger partial charge in [0.25, 0.3) is 0 Å². The Bertz CT molecular complexity index is 438. The van der Waals surface area contributed by atoms with Gasteiger partial charge in [-0.05, 0) is 18.9 Å². The highest BCUT2D eigenvalue weighted by Crippen LogP contribution is 2.43. The number of carbonyl (C=O) groups excluding carboxylic acids is 1. The number of aromatic nitrogens is 1. The van der Waals surface area contributed by atoms with Gasteiger partial charge in [-0.2, -0.15) is 0 Å². The molecule has 2 rings (SSSR count). The van der Waals surface area contributed by atoms with E-state index in [1.165, 1.54) is 7.11 Å². The monoisotopic (exact) mass is 239 g/mol. The van der Waals surface area contributed by atoms with Crippen LogP contribution in [0.15, 0.2) is 18.3 Å². The van der Waals surface area contributed by atoms with Crippen LogP contribution >= 0.6 is 0 Å². The predicted molar refractivity (Wildman–Crippen MR) is 58.0 cm³/mol. The Labute approximate surface area is 98.8 Å². The maximum atomic E-state index is 14.7. The molecule has 0 bridgehead atoms. The molecule has 0 N–H and O–H groups in total. The average molecular weight is 239 g/mol. The van der Waals surface area contributed by atoms with E-state index in [4.69, 9.17) is 4.74 Å². The molecule has 0 fully saturated rings. The Morgan fingerprint density at radius 1 is 1.59 bits per heavy atom. The van der Waals surface area contributed by atoms with Gasteiger partial charge >= 0.3 is 5.97 Å². The van der Waals surface area contributed by atoms with Crippen molar-refractivity contribution in [3.05, 3.63) is 29.6 Å². The quantitative estimate of drug-likeness (QED) is 0.739. The van der Waals surface area contributed by atoms with E-state index in [-0.39, 0.29) is 18.1 Å². The molecule has 0 spiro atoms. The molecule has 0 amide bonds. The normalized spacial score (nSPS) is 27.4. The molecule has 0 saturated carbocycles. The van der Waals surface area contributed by atoms with Gasteiger partial charge in [0.15, 0.2) is 0 Å². The van der Waals surface area contributed by atoms with Gasteiger partial charge in [0.2, 0.25) is 5.67 Å². The van der Waals surface area contributed by atoms with Crippen molar-refractivity contribution in [1.29, 1.82) is 0 Å². The number of hydrogen-bond acceptors (Lipinski definition) is 4. The number of carbonyl (C=O) groups is 1. The molecule has 4 nitrogen and oxygen atoms in total. The average Bonchev–Trinajstić information content (AvgIpc) is 2.38. The van der Waals surface area contributed by atoms with E-state index in [0.717, 1.165) is 0 Å². The van der Waals surface area contributed by atoms with Crippen LogP contribution in [-0.4, -0.2) is 25.2 Å². The first kappa shape index (κ1) is 12.0. The smallest absolute Gasteiger partial charge is 0.348 e. The highest BCUT2D eigenvalue weighted by atomic mass is 19.1. The number of fused-ring (bicyclic) bond motifs is 1. The van der Waals surface area contributed by atoms with Crippen molar-refractivity contribution in [3.63, 3.8) is 0 Å². The molecule has 5 heteroatoms. The van der Waals surface area contributed by atoms with Crippen LogP contribution in [0.1, 0.15) is 30.2 Å². The maximum absolute atomic E-state index is 14.7. The van der Waals surface area contributed by atoms with Crippen LogP contribution in [0.3, 0.4) is 0 Å². The molecule has 17 heavy (non-hydrogen) atoms. The molecule has 1 aromatic heterocycles. The van der Waals surface area contributed by atoms with Crippen LogP contribution in [-0.2, 0) is 19.9 Å². The summed E-state index contributed by atoms with van der Waals surface area (Å²) in [6, 6.07) is 3.17. The molecule has 1 aromatic rings. The van der Waals surface area contributed by atoms with Gasteiger partial charge in [-0.1, -0.05) is 6.07 Å². The second-order valence-electron chi connectivity index (χ2n) is 3.99. The van der Waals surface area contributed by atoms with Crippen LogP contribution in [0.5, 0.6) is 0 Å². The van der Waals surface area contributed by atoms with Crippen molar-refractivity contribution in [2.24, 2.45) is 0 Å². The van der Waals surface area contributed by atoms with Gasteiger partial charge in [-0.25, -0.2) is 9.18 Å². The van der Waals surface area contributed by atoms with Crippen molar-refractivity contribution < 1.29 is 18.7 Å². The number of ether oxygens (including phenoxy) is 2. The molecule has 2 atom stereocenters. The van der Waals surface area contributed by atoms with Crippen molar-refractivity contribution >= 4 is 5.97 Å². The summed E-state index contributed by atoms with van der Waals surface area (Å²) >= 11 is 0. The summed E-state index contributed by atoms with van der Waals surface area (Å²) in [4.78, 5) is 15.7. The third-order valence-electron chi connectivity index (χ3n) is 3.11. The van der Waals surface area contributed by atoms with Gasteiger partial charge in [0.1, 0.15) is 0 Å². The zero-order chi connectivity index (χ0) is 12.5. The van der Waals surface area contributed by atoms with Gasteiger partial charge in [-0.15, -0.1) is 0 Å². The predicted octanol–water partition coefficient (Wildman–Crippen LogP) is 1.90. The van der Waals surface area contributed by atoms with E-state index in [1.54, 1.807) is 25.4 Å².